The number of hydrogen-bond acceptors (Lipinski definition) is 2. The maximum Gasteiger partial charge on any atom is 0.0618 e. The largest absolute Gasteiger partial charge is 0.310 e. The van der Waals surface area contributed by atoms with Crippen LogP contribution in [0.1, 0.15) is 25.0 Å². The van der Waals surface area contributed by atoms with E-state index >= 15 is 0 Å². The van der Waals surface area contributed by atoms with Crippen molar-refractivity contribution in [2.24, 2.45) is 0 Å². The fraction of sp³-hybridized carbons (Fsp3) is 0.0462. The van der Waals surface area contributed by atoms with Gasteiger partial charge in [-0.05, 0) is 113 Å². The summed E-state index contributed by atoms with van der Waals surface area (Å²) in [6, 6.07) is 89.7. The number of nitrogens with zero attached hydrogens (tertiary/aromatic N) is 2. The molecule has 0 radical (unpaired) electrons. The van der Waals surface area contributed by atoms with Crippen LogP contribution in [0.3, 0.4) is 0 Å². The number of para-hydroxylation sites is 1. The molecule has 0 saturated carbocycles. The predicted octanol–water partition coefficient (Wildman–Crippen LogP) is 18.4. The zero-order valence-corrected chi connectivity index (χ0v) is 37.5. The van der Waals surface area contributed by atoms with Crippen LogP contribution in [0.15, 0.2) is 243 Å². The van der Waals surface area contributed by atoms with Crippen LogP contribution in [0, 0.1) is 0 Å². The number of hydrogen-bond donors (Lipinski definition) is 0. The van der Waals surface area contributed by atoms with Gasteiger partial charge in [-0.25, -0.2) is 0 Å². The molecule has 0 aliphatic carbocycles. The summed E-state index contributed by atoms with van der Waals surface area (Å²) in [6.07, 6.45) is 0. The number of fused-ring (bicyclic) bond motifs is 10. The van der Waals surface area contributed by atoms with E-state index in [-0.39, 0.29) is 0 Å². The Labute approximate surface area is 391 Å². The fourth-order valence-corrected chi connectivity index (χ4v) is 11.3. The van der Waals surface area contributed by atoms with Crippen molar-refractivity contribution < 1.29 is 0 Å². The summed E-state index contributed by atoms with van der Waals surface area (Å²) in [5, 5.41) is 12.4. The summed E-state index contributed by atoms with van der Waals surface area (Å²) in [4.78, 5) is 5.09. The first-order valence-electron chi connectivity index (χ1n) is 23.3. The number of benzene rings is 12. The van der Waals surface area contributed by atoms with E-state index in [2.05, 4.69) is 266 Å². The first kappa shape index (κ1) is 39.0. The summed E-state index contributed by atoms with van der Waals surface area (Å²) in [5.74, 6) is 0. The van der Waals surface area contributed by atoms with Crippen molar-refractivity contribution in [3.8, 4) is 22.3 Å². The minimum Gasteiger partial charge on any atom is -0.310 e. The molecule has 316 valence electrons. The van der Waals surface area contributed by atoms with E-state index in [1.54, 1.807) is 0 Å². The van der Waals surface area contributed by atoms with Crippen LogP contribution in [0.2, 0.25) is 0 Å². The molecular formula is C65H46N2. The van der Waals surface area contributed by atoms with E-state index in [4.69, 9.17) is 0 Å². The van der Waals surface area contributed by atoms with Crippen LogP contribution in [0.4, 0.5) is 34.1 Å². The molecule has 0 unspecified atom stereocenters. The van der Waals surface area contributed by atoms with E-state index < -0.39 is 5.41 Å². The molecule has 67 heavy (non-hydrogen) atoms. The smallest absolute Gasteiger partial charge is 0.0618 e. The third-order valence-electron chi connectivity index (χ3n) is 14.4. The van der Waals surface area contributed by atoms with Gasteiger partial charge in [0, 0.05) is 33.3 Å². The minimum absolute atomic E-state index is 0.398. The zero-order valence-electron chi connectivity index (χ0n) is 37.5. The summed E-state index contributed by atoms with van der Waals surface area (Å²) < 4.78 is 0. The Morgan fingerprint density at radius 1 is 0.343 bits per heavy atom. The van der Waals surface area contributed by atoms with Gasteiger partial charge in [0.2, 0.25) is 0 Å². The summed E-state index contributed by atoms with van der Waals surface area (Å²) in [6.45, 7) is 4.83. The highest BCUT2D eigenvalue weighted by Gasteiger charge is 2.41. The first-order chi connectivity index (χ1) is 33.0. The first-order valence-corrected chi connectivity index (χ1v) is 23.3. The van der Waals surface area contributed by atoms with Gasteiger partial charge in [-0.1, -0.05) is 214 Å². The van der Waals surface area contributed by atoms with Crippen molar-refractivity contribution in [2.45, 2.75) is 19.3 Å². The Morgan fingerprint density at radius 2 is 0.866 bits per heavy atom. The van der Waals surface area contributed by atoms with Crippen molar-refractivity contribution in [1.82, 2.24) is 0 Å². The van der Waals surface area contributed by atoms with Crippen LogP contribution in [-0.4, -0.2) is 0 Å². The summed E-state index contributed by atoms with van der Waals surface area (Å²) in [5.41, 5.74) is 13.8. The molecule has 0 saturated heterocycles. The maximum atomic E-state index is 2.58. The molecule has 0 spiro atoms. The van der Waals surface area contributed by atoms with Gasteiger partial charge in [0.25, 0.3) is 0 Å². The van der Waals surface area contributed by atoms with Crippen molar-refractivity contribution in [2.75, 3.05) is 9.80 Å². The number of rotatable bonds is 6. The molecule has 0 amide bonds. The maximum absolute atomic E-state index is 2.58. The normalized spacial score (nSPS) is 13.0. The van der Waals surface area contributed by atoms with Gasteiger partial charge in [-0.3, -0.25) is 0 Å². The molecule has 0 N–H and O–H groups in total. The van der Waals surface area contributed by atoms with Gasteiger partial charge >= 0.3 is 0 Å². The monoisotopic (exact) mass is 854 g/mol. The highest BCUT2D eigenvalue weighted by atomic mass is 15.2. The standard InChI is InChI=1S/C65H46N2/c1-65(2)59-30-14-15-31-60(59)67(64-50-24-9-7-21-46(50)36-40-57(64)51-29-16-22-45-20-6-8-23-49(45)51)62-33-17-32-61(63(62)65)66(47-37-34-44(35-38-47)43-18-4-3-5-19-43)48-39-41-56-54-27-11-10-25-52(54)53-26-12-13-28-55(53)58(56)42-48/h3-42H,1-2H3. The Morgan fingerprint density at radius 3 is 1.60 bits per heavy atom. The Hall–Kier alpha value is -8.46. The van der Waals surface area contributed by atoms with Crippen LogP contribution < -0.4 is 9.80 Å². The third kappa shape index (κ3) is 6.10. The second kappa shape index (κ2) is 15.3. The van der Waals surface area contributed by atoms with E-state index in [0.717, 1.165) is 17.1 Å². The van der Waals surface area contributed by atoms with E-state index in [0.29, 0.717) is 0 Å². The molecule has 0 aromatic heterocycles. The highest BCUT2D eigenvalue weighted by molar-refractivity contribution is 6.26. The van der Waals surface area contributed by atoms with E-state index in [1.165, 1.54) is 104 Å². The Balaban J connectivity index is 1.11. The molecule has 2 nitrogen and oxygen atoms in total. The van der Waals surface area contributed by atoms with Crippen LogP contribution in [0.25, 0.3) is 76.1 Å². The van der Waals surface area contributed by atoms with Crippen LogP contribution in [-0.2, 0) is 5.41 Å². The molecule has 0 bridgehead atoms. The summed E-state index contributed by atoms with van der Waals surface area (Å²) in [7, 11) is 0. The van der Waals surface area contributed by atoms with Gasteiger partial charge in [0.05, 0.1) is 22.7 Å². The molecule has 1 aliphatic rings. The lowest BCUT2D eigenvalue weighted by Gasteiger charge is -2.45. The average Bonchev–Trinajstić information content (AvgIpc) is 3.39. The lowest BCUT2D eigenvalue weighted by atomic mass is 9.72. The van der Waals surface area contributed by atoms with Gasteiger partial charge in [0.15, 0.2) is 0 Å². The quantitative estimate of drug-likeness (QED) is 0.154. The lowest BCUT2D eigenvalue weighted by molar-refractivity contribution is 0.632. The molecule has 2 heteroatoms. The molecule has 0 atom stereocenters. The molecule has 0 fully saturated rings. The van der Waals surface area contributed by atoms with Crippen molar-refractivity contribution in [3.63, 3.8) is 0 Å². The van der Waals surface area contributed by atoms with E-state index in [9.17, 15) is 0 Å². The van der Waals surface area contributed by atoms with Crippen LogP contribution in [0.5, 0.6) is 0 Å². The predicted molar refractivity (Wildman–Crippen MR) is 286 cm³/mol. The lowest BCUT2D eigenvalue weighted by Crippen LogP contribution is -2.32. The highest BCUT2D eigenvalue weighted by Crippen LogP contribution is 2.58. The number of anilines is 6. The van der Waals surface area contributed by atoms with Gasteiger partial charge < -0.3 is 9.80 Å². The second-order valence-electron chi connectivity index (χ2n) is 18.4. The van der Waals surface area contributed by atoms with Gasteiger partial charge in [-0.15, -0.1) is 0 Å². The molecule has 13 rings (SSSR count). The van der Waals surface area contributed by atoms with Gasteiger partial charge in [0.1, 0.15) is 0 Å². The van der Waals surface area contributed by atoms with E-state index in [1.807, 2.05) is 0 Å². The summed E-state index contributed by atoms with van der Waals surface area (Å²) >= 11 is 0. The third-order valence-corrected chi connectivity index (χ3v) is 14.4. The second-order valence-corrected chi connectivity index (χ2v) is 18.4. The topological polar surface area (TPSA) is 6.48 Å². The van der Waals surface area contributed by atoms with Crippen LogP contribution >= 0.6 is 0 Å². The Kier molecular flexibility index (Phi) is 8.91. The van der Waals surface area contributed by atoms with Gasteiger partial charge in [-0.2, -0.15) is 0 Å². The van der Waals surface area contributed by atoms with Crippen molar-refractivity contribution >= 4 is 88.0 Å². The average molecular weight is 855 g/mol. The minimum atomic E-state index is -0.398. The molecule has 1 heterocycles. The fourth-order valence-electron chi connectivity index (χ4n) is 11.3. The van der Waals surface area contributed by atoms with Crippen molar-refractivity contribution in [1.29, 1.82) is 0 Å². The Bertz CT molecular complexity index is 3860. The molecule has 12 aromatic carbocycles. The molecule has 1 aliphatic heterocycles. The zero-order chi connectivity index (χ0) is 44.6. The SMILES string of the molecule is CC1(C)c2ccccc2N(c2c(-c3cccc4ccccc34)ccc3ccccc23)c2cccc(N(c3ccc(-c4ccccc4)cc3)c3ccc4c5ccccc5c5ccccc5c4c3)c21. The van der Waals surface area contributed by atoms with Crippen molar-refractivity contribution in [3.05, 3.63) is 254 Å². The molecular weight excluding hydrogens is 809 g/mol. The molecule has 12 aromatic rings.